The number of pyridine rings is 2. The standard InChI is InChI=1S/C23H21N2O7P/c1-4-12-6-7-17-14(20(12)30-3)8-13-10-25-18(19(13)24-17)9-16-15(21(25)26)11-31-22(27)23(16,5-2)32-33(28)29/h6-9H,4-5,10-11H2,1-3H3/t23-/m0/s1. The van der Waals surface area contributed by atoms with Crippen molar-refractivity contribution in [3.63, 3.8) is 0 Å². The Labute approximate surface area is 189 Å². The van der Waals surface area contributed by atoms with Crippen LogP contribution in [0.4, 0.5) is 0 Å². The summed E-state index contributed by atoms with van der Waals surface area (Å²) in [5, 5.41) is 0.856. The average Bonchev–Trinajstić information content (AvgIpc) is 3.16. The molecule has 0 amide bonds. The highest BCUT2D eigenvalue weighted by Crippen LogP contribution is 2.44. The van der Waals surface area contributed by atoms with Crippen molar-refractivity contribution in [2.45, 2.75) is 45.4 Å². The molecule has 0 spiro atoms. The molecule has 3 aromatic rings. The van der Waals surface area contributed by atoms with Crippen molar-refractivity contribution in [2.75, 3.05) is 7.11 Å². The van der Waals surface area contributed by atoms with E-state index in [0.29, 0.717) is 23.4 Å². The van der Waals surface area contributed by atoms with Gasteiger partial charge in [-0.1, -0.05) is 19.9 Å². The van der Waals surface area contributed by atoms with Crippen molar-refractivity contribution in [2.24, 2.45) is 0 Å². The summed E-state index contributed by atoms with van der Waals surface area (Å²) >= 11 is 0. The molecule has 0 saturated carbocycles. The molecule has 2 aliphatic rings. The molecular weight excluding hydrogens is 447 g/mol. The average molecular weight is 468 g/mol. The molecule has 2 aromatic heterocycles. The summed E-state index contributed by atoms with van der Waals surface area (Å²) in [6.45, 7) is 3.71. The van der Waals surface area contributed by atoms with Gasteiger partial charge in [0.25, 0.3) is 5.56 Å². The predicted octanol–water partition coefficient (Wildman–Crippen LogP) is 2.69. The largest absolute Gasteiger partial charge is 0.566 e. The van der Waals surface area contributed by atoms with Crippen LogP contribution in [0.1, 0.15) is 42.5 Å². The zero-order chi connectivity index (χ0) is 23.5. The third-order valence-corrected chi connectivity index (χ3v) is 6.97. The SMILES string of the molecule is CCc1ccc2nc3c(cc2c1OC)Cn1c-3cc2c(c1=O)COC(=O)[C@@]2(CC)O[P+](=O)[O-]. The van der Waals surface area contributed by atoms with Crippen LogP contribution in [-0.4, -0.2) is 22.6 Å². The van der Waals surface area contributed by atoms with Gasteiger partial charge in [-0.05, 0) is 41.2 Å². The van der Waals surface area contributed by atoms with E-state index in [1.54, 1.807) is 24.7 Å². The predicted molar refractivity (Wildman–Crippen MR) is 117 cm³/mol. The molecule has 2 atom stereocenters. The molecule has 4 heterocycles. The highest BCUT2D eigenvalue weighted by Gasteiger charge is 2.52. The van der Waals surface area contributed by atoms with Crippen molar-refractivity contribution in [3.8, 4) is 17.1 Å². The van der Waals surface area contributed by atoms with E-state index in [9.17, 15) is 19.0 Å². The second kappa shape index (κ2) is 7.73. The van der Waals surface area contributed by atoms with E-state index in [4.69, 9.17) is 19.0 Å². The summed E-state index contributed by atoms with van der Waals surface area (Å²) in [6, 6.07) is 7.49. The zero-order valence-electron chi connectivity index (χ0n) is 18.3. The highest BCUT2D eigenvalue weighted by atomic mass is 31.1. The maximum Gasteiger partial charge on any atom is 0.490 e. The molecule has 1 unspecified atom stereocenters. The number of methoxy groups -OCH3 is 1. The van der Waals surface area contributed by atoms with Gasteiger partial charge in [-0.3, -0.25) is 4.79 Å². The fourth-order valence-corrected chi connectivity index (χ4v) is 5.41. The number of carbonyl (C=O) groups is 1. The normalized spacial score (nSPS) is 19.0. The second-order valence-electron chi connectivity index (χ2n) is 8.06. The lowest BCUT2D eigenvalue weighted by Gasteiger charge is -2.31. The highest BCUT2D eigenvalue weighted by molar-refractivity contribution is 7.30. The molecule has 1 aromatic carbocycles. The van der Waals surface area contributed by atoms with Gasteiger partial charge in [0.2, 0.25) is 5.60 Å². The lowest BCUT2D eigenvalue weighted by atomic mass is 9.86. The van der Waals surface area contributed by atoms with Crippen LogP contribution in [0.25, 0.3) is 22.3 Å². The van der Waals surface area contributed by atoms with Gasteiger partial charge in [-0.15, -0.1) is 4.52 Å². The maximum atomic E-state index is 13.4. The molecule has 33 heavy (non-hydrogen) atoms. The van der Waals surface area contributed by atoms with Crippen molar-refractivity contribution in [1.29, 1.82) is 0 Å². The summed E-state index contributed by atoms with van der Waals surface area (Å²) in [4.78, 5) is 42.3. The lowest BCUT2D eigenvalue weighted by molar-refractivity contribution is -0.207. The molecule has 9 nitrogen and oxygen atoms in total. The number of nitrogens with zero attached hydrogens (tertiary/aromatic N) is 2. The van der Waals surface area contributed by atoms with Gasteiger partial charge in [-0.2, -0.15) is 0 Å². The lowest BCUT2D eigenvalue weighted by Crippen LogP contribution is -2.45. The number of cyclic esters (lactones) is 1. The van der Waals surface area contributed by atoms with E-state index in [0.717, 1.165) is 28.7 Å². The van der Waals surface area contributed by atoms with E-state index >= 15 is 0 Å². The first kappa shape index (κ1) is 21.7. The van der Waals surface area contributed by atoms with Crippen molar-refractivity contribution in [3.05, 3.63) is 56.9 Å². The van der Waals surface area contributed by atoms with Gasteiger partial charge < -0.3 is 18.9 Å². The summed E-state index contributed by atoms with van der Waals surface area (Å²) in [7, 11) is -1.75. The Morgan fingerprint density at radius 1 is 1.27 bits per heavy atom. The fourth-order valence-electron chi connectivity index (χ4n) is 4.86. The topological polar surface area (TPSA) is 120 Å². The van der Waals surface area contributed by atoms with Gasteiger partial charge in [0.1, 0.15) is 12.4 Å². The summed E-state index contributed by atoms with van der Waals surface area (Å²) < 4.78 is 28.9. The number of rotatable bonds is 5. The first-order valence-electron chi connectivity index (χ1n) is 10.6. The number of esters is 1. The monoisotopic (exact) mass is 468 g/mol. The number of hydrogen-bond acceptors (Lipinski definition) is 8. The molecule has 0 saturated heterocycles. The zero-order valence-corrected chi connectivity index (χ0v) is 19.2. The van der Waals surface area contributed by atoms with E-state index in [2.05, 4.69) is 0 Å². The third-order valence-electron chi connectivity index (χ3n) is 6.51. The Morgan fingerprint density at radius 2 is 2.06 bits per heavy atom. The minimum atomic E-state index is -3.37. The van der Waals surface area contributed by atoms with Crippen molar-refractivity contribution < 1.29 is 28.3 Å². The van der Waals surface area contributed by atoms with Crippen LogP contribution in [0, 0.1) is 0 Å². The van der Waals surface area contributed by atoms with Crippen LogP contribution in [0.3, 0.4) is 0 Å². The maximum absolute atomic E-state index is 13.4. The first-order chi connectivity index (χ1) is 15.8. The van der Waals surface area contributed by atoms with E-state index < -0.39 is 19.8 Å². The van der Waals surface area contributed by atoms with Crippen LogP contribution in [0.2, 0.25) is 0 Å². The van der Waals surface area contributed by atoms with Crippen molar-refractivity contribution in [1.82, 2.24) is 9.55 Å². The van der Waals surface area contributed by atoms with Crippen LogP contribution in [0.15, 0.2) is 29.1 Å². The van der Waals surface area contributed by atoms with Crippen LogP contribution >= 0.6 is 8.25 Å². The van der Waals surface area contributed by atoms with E-state index in [1.807, 2.05) is 25.1 Å². The Kier molecular flexibility index (Phi) is 5.08. The molecule has 170 valence electrons. The Balaban J connectivity index is 1.77. The summed E-state index contributed by atoms with van der Waals surface area (Å²) in [6.07, 6.45) is 0.789. The Morgan fingerprint density at radius 3 is 2.73 bits per heavy atom. The van der Waals surface area contributed by atoms with Crippen LogP contribution in [0.5, 0.6) is 5.75 Å². The van der Waals surface area contributed by atoms with Crippen LogP contribution < -0.4 is 15.2 Å². The molecular formula is C23H21N2O7P. The summed E-state index contributed by atoms with van der Waals surface area (Å²) in [5.41, 5.74) is 1.88. The molecule has 2 aliphatic heterocycles. The number of aromatic nitrogens is 2. The Bertz CT molecular complexity index is 1410. The smallest absolute Gasteiger partial charge is 0.490 e. The molecule has 0 fully saturated rings. The quantitative estimate of drug-likeness (QED) is 0.324. The number of hydrogen-bond donors (Lipinski definition) is 0. The second-order valence-corrected chi connectivity index (χ2v) is 8.69. The van der Waals surface area contributed by atoms with Gasteiger partial charge in [0.05, 0.1) is 36.1 Å². The third kappa shape index (κ3) is 3.04. The number of aryl methyl sites for hydroxylation is 1. The van der Waals surface area contributed by atoms with Gasteiger partial charge in [0.15, 0.2) is 0 Å². The van der Waals surface area contributed by atoms with E-state index in [1.165, 1.54) is 0 Å². The van der Waals surface area contributed by atoms with Gasteiger partial charge in [0, 0.05) is 16.5 Å². The fraction of sp³-hybridized carbons (Fsp3) is 0.348. The number of ether oxygens (including phenoxy) is 2. The number of fused-ring (bicyclic) bond motifs is 5. The van der Waals surface area contributed by atoms with Crippen LogP contribution in [-0.2, 0) is 43.8 Å². The molecule has 0 aliphatic carbocycles. The van der Waals surface area contributed by atoms with E-state index in [-0.39, 0.29) is 29.7 Å². The minimum Gasteiger partial charge on any atom is -0.566 e. The van der Waals surface area contributed by atoms with Gasteiger partial charge >= 0.3 is 14.2 Å². The number of benzene rings is 1. The minimum absolute atomic E-state index is 0.0138. The van der Waals surface area contributed by atoms with Crippen molar-refractivity contribution >= 4 is 25.1 Å². The number of carbonyl (C=O) groups excluding carboxylic acids is 1. The molecule has 5 rings (SSSR count). The molecule has 10 heteroatoms. The molecule has 0 radical (unpaired) electrons. The van der Waals surface area contributed by atoms with Gasteiger partial charge in [-0.25, -0.2) is 9.78 Å². The first-order valence-corrected chi connectivity index (χ1v) is 11.7. The summed E-state index contributed by atoms with van der Waals surface area (Å²) in [5.74, 6) is -0.0767. The Hall–Kier alpha value is -3.13. The molecule has 0 N–H and O–H groups in total. The molecule has 0 bridgehead atoms.